The molecule has 19 heteroatoms. The normalized spacial score (nSPS) is 13.7. The van der Waals surface area contributed by atoms with Crippen LogP contribution < -0.4 is 0 Å². The Morgan fingerprint density at radius 2 is 0.430 bits per heavy atom. The van der Waals surface area contributed by atoms with Crippen LogP contribution in [-0.2, 0) is 65.4 Å². The van der Waals surface area contributed by atoms with Crippen molar-refractivity contribution in [3.63, 3.8) is 0 Å². The summed E-state index contributed by atoms with van der Waals surface area (Å²) in [4.78, 5) is 73.2. The average Bonchev–Trinajstić information content (AvgIpc) is 0.906. The van der Waals surface area contributed by atoms with Crippen LogP contribution in [0.1, 0.15) is 478 Å². The highest BCUT2D eigenvalue weighted by molar-refractivity contribution is 7.47. The van der Waals surface area contributed by atoms with E-state index in [1.807, 2.05) is 0 Å². The molecule has 0 aromatic rings. The second-order valence-electron chi connectivity index (χ2n) is 32.1. The van der Waals surface area contributed by atoms with Gasteiger partial charge in [0.05, 0.1) is 26.4 Å². The summed E-state index contributed by atoms with van der Waals surface area (Å²) in [5.41, 5.74) is 0. The highest BCUT2D eigenvalue weighted by atomic mass is 31.2. The SMILES string of the molecule is CCCCCCCCCCCCCCCCCCCCCCCC(=O)O[C@H](COC(=O)CCCCCCCCCCCCCCCCCCC(C)C)COP(=O)(O)OC[C@@H](O)COP(=O)(O)OC[C@@H](COC(=O)CCCCCCCCCCC)OC(=O)CCCCCCCCCCCCCCCCCCCC. The van der Waals surface area contributed by atoms with Gasteiger partial charge in [0, 0.05) is 25.7 Å². The Labute approximate surface area is 658 Å². The van der Waals surface area contributed by atoms with Crippen molar-refractivity contribution in [2.45, 2.75) is 496 Å². The van der Waals surface area contributed by atoms with Gasteiger partial charge in [0.2, 0.25) is 0 Å². The first-order valence-electron chi connectivity index (χ1n) is 45.6. The van der Waals surface area contributed by atoms with Gasteiger partial charge < -0.3 is 33.8 Å². The predicted octanol–water partition coefficient (Wildman–Crippen LogP) is 27.2. The molecule has 0 saturated heterocycles. The monoisotopic (exact) mass is 1560 g/mol. The Morgan fingerprint density at radius 1 is 0.252 bits per heavy atom. The smallest absolute Gasteiger partial charge is 0.462 e. The summed E-state index contributed by atoms with van der Waals surface area (Å²) in [7, 11) is -9.93. The van der Waals surface area contributed by atoms with E-state index in [1.165, 1.54) is 302 Å². The lowest BCUT2D eigenvalue weighted by Crippen LogP contribution is -2.30. The highest BCUT2D eigenvalue weighted by Gasteiger charge is 2.30. The van der Waals surface area contributed by atoms with Gasteiger partial charge in [0.1, 0.15) is 19.3 Å². The quantitative estimate of drug-likeness (QED) is 0.0222. The molecule has 2 unspecified atom stereocenters. The van der Waals surface area contributed by atoms with Crippen molar-refractivity contribution < 1.29 is 80.2 Å². The van der Waals surface area contributed by atoms with Crippen LogP contribution in [0.25, 0.3) is 0 Å². The number of esters is 4. The first-order valence-corrected chi connectivity index (χ1v) is 48.6. The molecule has 107 heavy (non-hydrogen) atoms. The minimum absolute atomic E-state index is 0.109. The predicted molar refractivity (Wildman–Crippen MR) is 442 cm³/mol. The fraction of sp³-hybridized carbons (Fsp3) is 0.955. The van der Waals surface area contributed by atoms with E-state index < -0.39 is 97.5 Å². The van der Waals surface area contributed by atoms with Gasteiger partial charge in [-0.1, -0.05) is 426 Å². The lowest BCUT2D eigenvalue weighted by atomic mass is 10.0. The number of aliphatic hydroxyl groups excluding tert-OH is 1. The van der Waals surface area contributed by atoms with Gasteiger partial charge >= 0.3 is 39.5 Å². The second kappa shape index (κ2) is 80.7. The van der Waals surface area contributed by atoms with Gasteiger partial charge in [-0.2, -0.15) is 0 Å². The maximum absolute atomic E-state index is 13.2. The number of carbonyl (C=O) groups excluding carboxylic acids is 4. The van der Waals surface area contributed by atoms with Crippen molar-refractivity contribution >= 4 is 39.5 Å². The average molecular weight is 1560 g/mol. The van der Waals surface area contributed by atoms with Crippen LogP contribution >= 0.6 is 15.6 Å². The Kier molecular flexibility index (Phi) is 79.2. The van der Waals surface area contributed by atoms with Crippen LogP contribution in [0.5, 0.6) is 0 Å². The van der Waals surface area contributed by atoms with E-state index in [2.05, 4.69) is 34.6 Å². The fourth-order valence-corrected chi connectivity index (χ4v) is 15.4. The van der Waals surface area contributed by atoms with Crippen LogP contribution in [0.4, 0.5) is 0 Å². The van der Waals surface area contributed by atoms with Gasteiger partial charge in [-0.15, -0.1) is 0 Å². The largest absolute Gasteiger partial charge is 0.472 e. The number of hydrogen-bond acceptors (Lipinski definition) is 15. The summed E-state index contributed by atoms with van der Waals surface area (Å²) in [6.45, 7) is 7.39. The summed E-state index contributed by atoms with van der Waals surface area (Å²) < 4.78 is 68.9. The van der Waals surface area contributed by atoms with Gasteiger partial charge in [-0.05, 0) is 31.6 Å². The molecule has 0 saturated carbocycles. The molecule has 3 N–H and O–H groups in total. The van der Waals surface area contributed by atoms with Crippen LogP contribution in [0, 0.1) is 5.92 Å². The third kappa shape index (κ3) is 81.9. The van der Waals surface area contributed by atoms with E-state index >= 15 is 0 Å². The Balaban J connectivity index is 5.20. The molecule has 0 aliphatic heterocycles. The topological polar surface area (TPSA) is 237 Å². The maximum atomic E-state index is 13.2. The number of ether oxygens (including phenoxy) is 4. The molecule has 636 valence electrons. The number of phosphoric ester groups is 2. The molecule has 0 spiro atoms. The summed E-state index contributed by atoms with van der Waals surface area (Å²) in [5.74, 6) is -1.29. The molecule has 0 aliphatic carbocycles. The maximum Gasteiger partial charge on any atom is 0.472 e. The lowest BCUT2D eigenvalue weighted by molar-refractivity contribution is -0.161. The molecule has 0 heterocycles. The first kappa shape index (κ1) is 105. The molecule has 0 rings (SSSR count). The Hall–Kier alpha value is -1.94. The second-order valence-corrected chi connectivity index (χ2v) is 35.0. The molecule has 5 atom stereocenters. The van der Waals surface area contributed by atoms with Crippen LogP contribution in [0.2, 0.25) is 0 Å². The molecular formula is C88H172O17P2. The zero-order chi connectivity index (χ0) is 78.3. The van der Waals surface area contributed by atoms with Crippen molar-refractivity contribution in [2.75, 3.05) is 39.6 Å². The van der Waals surface area contributed by atoms with Gasteiger partial charge in [-0.25, -0.2) is 9.13 Å². The van der Waals surface area contributed by atoms with Crippen LogP contribution in [-0.4, -0.2) is 96.7 Å². The molecule has 0 bridgehead atoms. The summed E-state index contributed by atoms with van der Waals surface area (Å²) >= 11 is 0. The molecule has 0 aromatic heterocycles. The molecule has 0 aliphatic rings. The Morgan fingerprint density at radius 3 is 0.636 bits per heavy atom. The standard InChI is InChI=1S/C88H172O17P2/c1-6-9-12-15-18-21-23-25-27-29-31-32-33-35-41-45-49-54-59-64-69-74-88(93)105-84(78-99-86(91)72-67-62-57-52-47-43-39-37-36-38-42-46-51-55-60-65-70-81(4)5)80-103-107(96,97)101-76-82(89)75-100-106(94,95)102-79-83(77-98-85(90)71-66-61-56-50-20-17-14-11-8-3)104-87(92)73-68-63-58-53-48-44-40-34-30-28-26-24-22-19-16-13-10-7-2/h81-84,89H,6-80H2,1-5H3,(H,94,95)(H,96,97)/t82-,83+,84+/m0/s1. The third-order valence-electron chi connectivity index (χ3n) is 20.8. The number of aliphatic hydroxyl groups is 1. The number of unbranched alkanes of at least 4 members (excludes halogenated alkanes) is 60. The molecule has 0 aromatic carbocycles. The summed E-state index contributed by atoms with van der Waals surface area (Å²) in [5, 5.41) is 10.7. The van der Waals surface area contributed by atoms with E-state index in [1.54, 1.807) is 0 Å². The van der Waals surface area contributed by atoms with Crippen molar-refractivity contribution in [3.05, 3.63) is 0 Å². The summed E-state index contributed by atoms with van der Waals surface area (Å²) in [6, 6.07) is 0. The van der Waals surface area contributed by atoms with E-state index in [4.69, 9.17) is 37.0 Å². The number of carbonyl (C=O) groups is 4. The molecular weight excluding hydrogens is 1390 g/mol. The third-order valence-corrected chi connectivity index (χ3v) is 22.7. The number of rotatable bonds is 88. The zero-order valence-electron chi connectivity index (χ0n) is 70.3. The molecule has 0 fully saturated rings. The minimum atomic E-state index is -4.97. The van der Waals surface area contributed by atoms with Crippen molar-refractivity contribution in [1.82, 2.24) is 0 Å². The van der Waals surface area contributed by atoms with Gasteiger partial charge in [-0.3, -0.25) is 37.3 Å². The minimum Gasteiger partial charge on any atom is -0.462 e. The van der Waals surface area contributed by atoms with Crippen LogP contribution in [0.3, 0.4) is 0 Å². The summed E-state index contributed by atoms with van der Waals surface area (Å²) in [6.07, 6.45) is 75.1. The van der Waals surface area contributed by atoms with Crippen LogP contribution in [0.15, 0.2) is 0 Å². The number of phosphoric acid groups is 2. The zero-order valence-corrected chi connectivity index (χ0v) is 72.1. The number of hydrogen-bond donors (Lipinski definition) is 3. The molecule has 0 radical (unpaired) electrons. The molecule has 17 nitrogen and oxygen atoms in total. The van der Waals surface area contributed by atoms with E-state index in [-0.39, 0.29) is 25.7 Å². The lowest BCUT2D eigenvalue weighted by Gasteiger charge is -2.21. The van der Waals surface area contributed by atoms with E-state index in [0.717, 1.165) is 95.8 Å². The van der Waals surface area contributed by atoms with Gasteiger partial charge in [0.15, 0.2) is 12.2 Å². The first-order chi connectivity index (χ1) is 52.0. The van der Waals surface area contributed by atoms with Gasteiger partial charge in [0.25, 0.3) is 0 Å². The fourth-order valence-electron chi connectivity index (χ4n) is 13.8. The van der Waals surface area contributed by atoms with Crippen molar-refractivity contribution in [1.29, 1.82) is 0 Å². The highest BCUT2D eigenvalue weighted by Crippen LogP contribution is 2.45. The molecule has 0 amide bonds. The van der Waals surface area contributed by atoms with Crippen molar-refractivity contribution in [3.8, 4) is 0 Å². The van der Waals surface area contributed by atoms with E-state index in [9.17, 15) is 43.2 Å². The van der Waals surface area contributed by atoms with E-state index in [0.29, 0.717) is 25.7 Å². The van der Waals surface area contributed by atoms with Crippen molar-refractivity contribution in [2.24, 2.45) is 5.92 Å². The Bertz CT molecular complexity index is 2030.